The van der Waals surface area contributed by atoms with Gasteiger partial charge in [-0.3, -0.25) is 0 Å². The number of rotatable bonds is 4. The lowest BCUT2D eigenvalue weighted by Crippen LogP contribution is -2.25. The number of thiophene rings is 2. The van der Waals surface area contributed by atoms with Crippen LogP contribution in [0.25, 0.3) is 0 Å². The highest BCUT2D eigenvalue weighted by atomic mass is 79.9. The summed E-state index contributed by atoms with van der Waals surface area (Å²) >= 11 is 9.41. The lowest BCUT2D eigenvalue weighted by Gasteiger charge is -2.14. The summed E-state index contributed by atoms with van der Waals surface area (Å²) in [7, 11) is -1.80. The molecular formula is C10H9Br2NO2S3. The van der Waals surface area contributed by atoms with E-state index in [4.69, 9.17) is 0 Å². The van der Waals surface area contributed by atoms with E-state index in [0.29, 0.717) is 10.8 Å². The second-order valence-corrected chi connectivity index (χ2v) is 10.6. The van der Waals surface area contributed by atoms with Crippen molar-refractivity contribution in [3.63, 3.8) is 0 Å². The Hall–Kier alpha value is 0.270. The van der Waals surface area contributed by atoms with Crippen molar-refractivity contribution in [3.05, 3.63) is 36.7 Å². The minimum absolute atomic E-state index is 0.353. The van der Waals surface area contributed by atoms with Gasteiger partial charge in [-0.05, 0) is 61.0 Å². The van der Waals surface area contributed by atoms with Crippen molar-refractivity contribution in [2.24, 2.45) is 0 Å². The maximum Gasteiger partial charge on any atom is 0.252 e. The van der Waals surface area contributed by atoms with Gasteiger partial charge in [0.15, 0.2) is 0 Å². The molecule has 2 rings (SSSR count). The molecule has 0 saturated heterocycles. The fourth-order valence-electron chi connectivity index (χ4n) is 1.36. The number of nitrogens with zero attached hydrogens (tertiary/aromatic N) is 1. The van der Waals surface area contributed by atoms with Gasteiger partial charge in [-0.15, -0.1) is 22.7 Å². The molecule has 18 heavy (non-hydrogen) atoms. The summed E-state index contributed by atoms with van der Waals surface area (Å²) in [4.78, 5) is 0. The molecule has 2 aromatic heterocycles. The Kier molecular flexibility index (Phi) is 4.66. The summed E-state index contributed by atoms with van der Waals surface area (Å²) in [5, 5.41) is 1.94. The number of sulfonamides is 1. The van der Waals surface area contributed by atoms with Crippen LogP contribution in [-0.4, -0.2) is 19.8 Å². The molecule has 0 atom stereocenters. The Bertz CT molecular complexity index is 648. The van der Waals surface area contributed by atoms with Gasteiger partial charge in [0.25, 0.3) is 10.0 Å². The minimum Gasteiger partial charge on any atom is -0.206 e. The SMILES string of the molecule is CN(Cc1csc(Br)c1)S(=O)(=O)c1ccc(Br)s1. The summed E-state index contributed by atoms with van der Waals surface area (Å²) in [6.45, 7) is 0.375. The van der Waals surface area contributed by atoms with E-state index in [0.717, 1.165) is 13.1 Å². The van der Waals surface area contributed by atoms with Crippen molar-refractivity contribution < 1.29 is 8.42 Å². The van der Waals surface area contributed by atoms with Crippen LogP contribution >= 0.6 is 54.5 Å². The second kappa shape index (κ2) is 5.72. The van der Waals surface area contributed by atoms with Gasteiger partial charge in [-0.25, -0.2) is 8.42 Å². The first-order chi connectivity index (χ1) is 8.39. The zero-order chi connectivity index (χ0) is 13.3. The van der Waals surface area contributed by atoms with E-state index in [1.54, 1.807) is 30.5 Å². The maximum absolute atomic E-state index is 12.3. The highest BCUT2D eigenvalue weighted by molar-refractivity contribution is 9.11. The van der Waals surface area contributed by atoms with E-state index in [9.17, 15) is 8.42 Å². The Morgan fingerprint density at radius 2 is 2.00 bits per heavy atom. The molecule has 0 fully saturated rings. The summed E-state index contributed by atoms with van der Waals surface area (Å²) < 4.78 is 28.1. The molecule has 0 aromatic carbocycles. The van der Waals surface area contributed by atoms with Crippen molar-refractivity contribution in [2.45, 2.75) is 10.8 Å². The maximum atomic E-state index is 12.3. The molecule has 0 amide bonds. The van der Waals surface area contributed by atoms with Crippen molar-refractivity contribution in [1.82, 2.24) is 4.31 Å². The molecule has 0 unspecified atom stereocenters. The lowest BCUT2D eigenvalue weighted by molar-refractivity contribution is 0.469. The predicted molar refractivity (Wildman–Crippen MR) is 82.7 cm³/mol. The van der Waals surface area contributed by atoms with Gasteiger partial charge in [-0.2, -0.15) is 4.31 Å². The third-order valence-corrected chi connectivity index (χ3v) is 7.69. The standard InChI is InChI=1S/C10H9Br2NO2S3/c1-13(5-7-4-9(12)16-6-7)18(14,15)10-3-2-8(11)17-10/h2-4,6H,5H2,1H3. The summed E-state index contributed by atoms with van der Waals surface area (Å²) in [6, 6.07) is 5.29. The highest BCUT2D eigenvalue weighted by Gasteiger charge is 2.22. The number of hydrogen-bond donors (Lipinski definition) is 0. The van der Waals surface area contributed by atoms with Crippen molar-refractivity contribution >= 4 is 64.6 Å². The van der Waals surface area contributed by atoms with Crippen LogP contribution in [0.15, 0.2) is 35.4 Å². The summed E-state index contributed by atoms with van der Waals surface area (Å²) in [6.07, 6.45) is 0. The molecule has 0 aliphatic heterocycles. The molecule has 8 heteroatoms. The molecule has 0 aliphatic rings. The van der Waals surface area contributed by atoms with Crippen LogP contribution in [0, 0.1) is 0 Å². The molecule has 0 saturated carbocycles. The van der Waals surface area contributed by atoms with E-state index in [2.05, 4.69) is 31.9 Å². The van der Waals surface area contributed by atoms with Gasteiger partial charge in [0.2, 0.25) is 0 Å². The highest BCUT2D eigenvalue weighted by Crippen LogP contribution is 2.29. The van der Waals surface area contributed by atoms with Gasteiger partial charge in [-0.1, -0.05) is 0 Å². The molecule has 0 aliphatic carbocycles. The van der Waals surface area contributed by atoms with Crippen LogP contribution in [0.1, 0.15) is 5.56 Å². The van der Waals surface area contributed by atoms with Gasteiger partial charge in [0.1, 0.15) is 4.21 Å². The molecule has 3 nitrogen and oxygen atoms in total. The van der Waals surface area contributed by atoms with Crippen LogP contribution < -0.4 is 0 Å². The lowest BCUT2D eigenvalue weighted by atomic mass is 10.3. The van der Waals surface area contributed by atoms with Crippen molar-refractivity contribution in [2.75, 3.05) is 7.05 Å². The second-order valence-electron chi connectivity index (χ2n) is 3.58. The van der Waals surface area contributed by atoms with E-state index in [1.807, 2.05) is 11.4 Å². The Labute approximate surface area is 131 Å². The van der Waals surface area contributed by atoms with E-state index < -0.39 is 10.0 Å². The first-order valence-corrected chi connectivity index (χ1v) is 9.56. The summed E-state index contributed by atoms with van der Waals surface area (Å²) in [5.74, 6) is 0. The molecular weight excluding hydrogens is 422 g/mol. The smallest absolute Gasteiger partial charge is 0.206 e. The van der Waals surface area contributed by atoms with Gasteiger partial charge >= 0.3 is 0 Å². The molecule has 0 N–H and O–H groups in total. The fourth-order valence-corrected chi connectivity index (χ4v) is 5.94. The Morgan fingerprint density at radius 1 is 1.28 bits per heavy atom. The first kappa shape index (κ1) is 14.7. The molecule has 2 heterocycles. The number of halogens is 2. The van der Waals surface area contributed by atoms with E-state index in [1.165, 1.54) is 15.6 Å². The van der Waals surface area contributed by atoms with Crippen LogP contribution in [0.4, 0.5) is 0 Å². The minimum atomic E-state index is -3.40. The predicted octanol–water partition coefficient (Wildman–Crippen LogP) is 4.16. The van der Waals surface area contributed by atoms with Crippen LogP contribution in [0.5, 0.6) is 0 Å². The van der Waals surface area contributed by atoms with Crippen molar-refractivity contribution in [1.29, 1.82) is 0 Å². The van der Waals surface area contributed by atoms with Crippen molar-refractivity contribution in [3.8, 4) is 0 Å². The van der Waals surface area contributed by atoms with Gasteiger partial charge < -0.3 is 0 Å². The van der Waals surface area contributed by atoms with Crippen LogP contribution in [0.3, 0.4) is 0 Å². The molecule has 98 valence electrons. The zero-order valence-corrected chi connectivity index (χ0v) is 14.9. The van der Waals surface area contributed by atoms with E-state index in [-0.39, 0.29) is 0 Å². The molecule has 0 radical (unpaired) electrons. The number of hydrogen-bond acceptors (Lipinski definition) is 4. The molecule has 0 bridgehead atoms. The fraction of sp³-hybridized carbons (Fsp3) is 0.200. The first-order valence-electron chi connectivity index (χ1n) is 4.84. The summed E-state index contributed by atoms with van der Waals surface area (Å²) in [5.41, 5.74) is 0.980. The van der Waals surface area contributed by atoms with Crippen LogP contribution in [-0.2, 0) is 16.6 Å². The van der Waals surface area contributed by atoms with Gasteiger partial charge in [0, 0.05) is 13.6 Å². The quantitative estimate of drug-likeness (QED) is 0.730. The third-order valence-electron chi connectivity index (χ3n) is 2.24. The average Bonchev–Trinajstić information content (AvgIpc) is 2.88. The zero-order valence-electron chi connectivity index (χ0n) is 9.26. The molecule has 2 aromatic rings. The largest absolute Gasteiger partial charge is 0.252 e. The van der Waals surface area contributed by atoms with Gasteiger partial charge in [0.05, 0.1) is 7.57 Å². The third kappa shape index (κ3) is 3.23. The molecule has 0 spiro atoms. The Morgan fingerprint density at radius 3 is 2.50 bits per heavy atom. The monoisotopic (exact) mass is 429 g/mol. The normalized spacial score (nSPS) is 12.2. The average molecular weight is 431 g/mol. The van der Waals surface area contributed by atoms with E-state index >= 15 is 0 Å². The Balaban J connectivity index is 2.20. The topological polar surface area (TPSA) is 37.4 Å². The van der Waals surface area contributed by atoms with Crippen LogP contribution in [0.2, 0.25) is 0 Å².